The second kappa shape index (κ2) is 8.41. The number of phenols is 2. The standard InChI is InChI=1S/C23H23NO3/c1-16-14-20(25)21(26)15-19(16)12-13-24-23(27)22(17-8-4-2-5-9-17)18-10-6-3-7-11-18/h2-11,14-15,22,25-26H,12-13H2,1H3,(H,24,27). The first-order valence-corrected chi connectivity index (χ1v) is 8.95. The number of phenolic OH excluding ortho intramolecular Hbond substituents is 2. The molecule has 3 aromatic rings. The third kappa shape index (κ3) is 4.47. The van der Waals surface area contributed by atoms with Crippen molar-refractivity contribution in [2.24, 2.45) is 0 Å². The molecule has 27 heavy (non-hydrogen) atoms. The van der Waals surface area contributed by atoms with Gasteiger partial charge in [-0.3, -0.25) is 4.79 Å². The van der Waals surface area contributed by atoms with Crippen LogP contribution in [0.15, 0.2) is 72.8 Å². The predicted molar refractivity (Wildman–Crippen MR) is 106 cm³/mol. The van der Waals surface area contributed by atoms with Crippen LogP contribution in [0.2, 0.25) is 0 Å². The van der Waals surface area contributed by atoms with Crippen LogP contribution in [0.25, 0.3) is 0 Å². The largest absolute Gasteiger partial charge is 0.504 e. The van der Waals surface area contributed by atoms with Crippen LogP contribution in [-0.4, -0.2) is 22.7 Å². The summed E-state index contributed by atoms with van der Waals surface area (Å²) < 4.78 is 0. The van der Waals surface area contributed by atoms with Gasteiger partial charge in [0.1, 0.15) is 0 Å². The highest BCUT2D eigenvalue weighted by atomic mass is 16.3. The van der Waals surface area contributed by atoms with E-state index < -0.39 is 0 Å². The summed E-state index contributed by atoms with van der Waals surface area (Å²) in [6.45, 7) is 2.31. The molecule has 0 unspecified atom stereocenters. The Morgan fingerprint density at radius 2 is 1.41 bits per heavy atom. The first kappa shape index (κ1) is 18.5. The van der Waals surface area contributed by atoms with E-state index in [1.54, 1.807) is 6.07 Å². The molecule has 3 rings (SSSR count). The fourth-order valence-electron chi connectivity index (χ4n) is 3.20. The van der Waals surface area contributed by atoms with Crippen LogP contribution in [-0.2, 0) is 11.2 Å². The number of carbonyl (C=O) groups excluding carboxylic acids is 1. The average molecular weight is 361 g/mol. The fraction of sp³-hybridized carbons (Fsp3) is 0.174. The highest BCUT2D eigenvalue weighted by Crippen LogP contribution is 2.28. The normalized spacial score (nSPS) is 10.7. The number of aromatic hydroxyl groups is 2. The van der Waals surface area contributed by atoms with Crippen LogP contribution in [0.3, 0.4) is 0 Å². The van der Waals surface area contributed by atoms with Crippen LogP contribution in [0.1, 0.15) is 28.2 Å². The second-order valence-electron chi connectivity index (χ2n) is 6.56. The zero-order valence-corrected chi connectivity index (χ0v) is 15.2. The Bertz CT molecular complexity index is 868. The van der Waals surface area contributed by atoms with Crippen molar-refractivity contribution in [3.8, 4) is 11.5 Å². The van der Waals surface area contributed by atoms with Crippen molar-refractivity contribution in [3.05, 3.63) is 95.1 Å². The Balaban J connectivity index is 1.73. The molecule has 0 heterocycles. The maximum atomic E-state index is 12.9. The minimum Gasteiger partial charge on any atom is -0.504 e. The van der Waals surface area contributed by atoms with Gasteiger partial charge in [0.15, 0.2) is 11.5 Å². The van der Waals surface area contributed by atoms with E-state index in [4.69, 9.17) is 0 Å². The van der Waals surface area contributed by atoms with Crippen LogP contribution in [0.5, 0.6) is 11.5 Å². The van der Waals surface area contributed by atoms with E-state index in [0.717, 1.165) is 22.3 Å². The van der Waals surface area contributed by atoms with Crippen LogP contribution in [0.4, 0.5) is 0 Å². The Labute approximate surface area is 159 Å². The lowest BCUT2D eigenvalue weighted by atomic mass is 9.90. The van der Waals surface area contributed by atoms with E-state index in [9.17, 15) is 15.0 Å². The summed E-state index contributed by atoms with van der Waals surface area (Å²) in [7, 11) is 0. The maximum Gasteiger partial charge on any atom is 0.232 e. The summed E-state index contributed by atoms with van der Waals surface area (Å²) in [6, 6.07) is 22.5. The highest BCUT2D eigenvalue weighted by Gasteiger charge is 2.22. The maximum absolute atomic E-state index is 12.9. The van der Waals surface area contributed by atoms with Gasteiger partial charge in [0, 0.05) is 6.54 Å². The molecule has 0 radical (unpaired) electrons. The molecule has 0 atom stereocenters. The lowest BCUT2D eigenvalue weighted by molar-refractivity contribution is -0.121. The number of amides is 1. The fourth-order valence-corrected chi connectivity index (χ4v) is 3.20. The van der Waals surface area contributed by atoms with Gasteiger partial charge in [-0.2, -0.15) is 0 Å². The molecule has 3 aromatic carbocycles. The summed E-state index contributed by atoms with van der Waals surface area (Å²) in [5.41, 5.74) is 3.66. The van der Waals surface area contributed by atoms with Gasteiger partial charge in [0.2, 0.25) is 5.91 Å². The monoisotopic (exact) mass is 361 g/mol. The quantitative estimate of drug-likeness (QED) is 0.583. The molecule has 0 aliphatic rings. The van der Waals surface area contributed by atoms with Crippen molar-refractivity contribution in [1.82, 2.24) is 5.32 Å². The Kier molecular flexibility index (Phi) is 5.77. The van der Waals surface area contributed by atoms with Crippen molar-refractivity contribution in [2.75, 3.05) is 6.54 Å². The summed E-state index contributed by atoms with van der Waals surface area (Å²) in [4.78, 5) is 12.9. The average Bonchev–Trinajstić information content (AvgIpc) is 2.68. The molecule has 4 heteroatoms. The van der Waals surface area contributed by atoms with Gasteiger partial charge in [-0.25, -0.2) is 0 Å². The van der Waals surface area contributed by atoms with Crippen LogP contribution < -0.4 is 5.32 Å². The highest BCUT2D eigenvalue weighted by molar-refractivity contribution is 5.87. The van der Waals surface area contributed by atoms with Gasteiger partial charge >= 0.3 is 0 Å². The smallest absolute Gasteiger partial charge is 0.232 e. The Hall–Kier alpha value is -3.27. The zero-order chi connectivity index (χ0) is 19.2. The van der Waals surface area contributed by atoms with Crippen molar-refractivity contribution >= 4 is 5.91 Å². The summed E-state index contributed by atoms with van der Waals surface area (Å²) in [5.74, 6) is -0.711. The van der Waals surface area contributed by atoms with Crippen molar-refractivity contribution in [3.63, 3.8) is 0 Å². The number of rotatable bonds is 6. The van der Waals surface area contributed by atoms with E-state index in [2.05, 4.69) is 5.32 Å². The molecule has 0 spiro atoms. The molecule has 3 N–H and O–H groups in total. The summed E-state index contributed by atoms with van der Waals surface area (Å²) in [5, 5.41) is 22.2. The van der Waals surface area contributed by atoms with Crippen molar-refractivity contribution in [2.45, 2.75) is 19.3 Å². The molecule has 0 fully saturated rings. The molecule has 1 amide bonds. The van der Waals surface area contributed by atoms with Crippen LogP contribution >= 0.6 is 0 Å². The number of nitrogens with one attached hydrogen (secondary N) is 1. The third-order valence-corrected chi connectivity index (χ3v) is 4.65. The minimum absolute atomic E-state index is 0.0620. The summed E-state index contributed by atoms with van der Waals surface area (Å²) in [6.07, 6.45) is 0.571. The molecular formula is C23H23NO3. The van der Waals surface area contributed by atoms with Crippen molar-refractivity contribution < 1.29 is 15.0 Å². The van der Waals surface area contributed by atoms with Crippen molar-refractivity contribution in [1.29, 1.82) is 0 Å². The van der Waals surface area contributed by atoms with Gasteiger partial charge in [0.25, 0.3) is 0 Å². The molecule has 0 aromatic heterocycles. The molecule has 138 valence electrons. The van der Waals surface area contributed by atoms with Crippen LogP contribution in [0, 0.1) is 6.92 Å². The first-order valence-electron chi connectivity index (χ1n) is 8.95. The van der Waals surface area contributed by atoms with E-state index in [1.807, 2.05) is 67.6 Å². The summed E-state index contributed by atoms with van der Waals surface area (Å²) >= 11 is 0. The van der Waals surface area contributed by atoms with Gasteiger partial charge in [-0.15, -0.1) is 0 Å². The number of hydrogen-bond acceptors (Lipinski definition) is 3. The number of aryl methyl sites for hydroxylation is 1. The molecule has 4 nitrogen and oxygen atoms in total. The topological polar surface area (TPSA) is 69.6 Å². The number of hydrogen-bond donors (Lipinski definition) is 3. The SMILES string of the molecule is Cc1cc(O)c(O)cc1CCNC(=O)C(c1ccccc1)c1ccccc1. The van der Waals surface area contributed by atoms with E-state index in [1.165, 1.54) is 6.07 Å². The van der Waals surface area contributed by atoms with Gasteiger partial charge in [-0.05, 0) is 47.7 Å². The van der Waals surface area contributed by atoms with E-state index in [-0.39, 0.29) is 23.3 Å². The number of benzene rings is 3. The third-order valence-electron chi connectivity index (χ3n) is 4.65. The molecule has 0 aliphatic heterocycles. The predicted octanol–water partition coefficient (Wildman–Crippen LogP) is 3.90. The second-order valence-corrected chi connectivity index (χ2v) is 6.56. The van der Waals surface area contributed by atoms with E-state index >= 15 is 0 Å². The zero-order valence-electron chi connectivity index (χ0n) is 15.2. The Morgan fingerprint density at radius 1 is 0.889 bits per heavy atom. The van der Waals surface area contributed by atoms with Gasteiger partial charge < -0.3 is 15.5 Å². The molecule has 0 saturated heterocycles. The molecule has 0 bridgehead atoms. The van der Waals surface area contributed by atoms with Gasteiger partial charge in [0.05, 0.1) is 5.92 Å². The number of carbonyl (C=O) groups is 1. The minimum atomic E-state index is -0.373. The lowest BCUT2D eigenvalue weighted by Crippen LogP contribution is -2.31. The lowest BCUT2D eigenvalue weighted by Gasteiger charge is -2.18. The Morgan fingerprint density at radius 3 is 1.96 bits per heavy atom. The molecular weight excluding hydrogens is 338 g/mol. The van der Waals surface area contributed by atoms with E-state index in [0.29, 0.717) is 13.0 Å². The molecule has 0 saturated carbocycles. The van der Waals surface area contributed by atoms with Gasteiger partial charge in [-0.1, -0.05) is 60.7 Å². The molecule has 0 aliphatic carbocycles. The first-order chi connectivity index (χ1) is 13.1.